The molecule has 1 fully saturated rings. The van der Waals surface area contributed by atoms with Crippen molar-refractivity contribution in [3.63, 3.8) is 0 Å². The van der Waals surface area contributed by atoms with Gasteiger partial charge in [0.2, 0.25) is 0 Å². The smallest absolute Gasteiger partial charge is 0.0995 e. The highest BCUT2D eigenvalue weighted by molar-refractivity contribution is 5.84. The number of amidine groups is 1. The second kappa shape index (κ2) is 6.61. The zero-order valence-corrected chi connectivity index (χ0v) is 13.6. The fourth-order valence-electron chi connectivity index (χ4n) is 3.33. The molecule has 0 spiro atoms. The Bertz CT molecular complexity index is 457. The molecule has 0 aromatic heterocycles. The van der Waals surface area contributed by atoms with Crippen molar-refractivity contribution in [1.82, 2.24) is 4.90 Å². The average molecular weight is 287 g/mol. The fraction of sp³-hybridized carbons (Fsp3) is 0.611. The highest BCUT2D eigenvalue weighted by Crippen LogP contribution is 2.37. The van der Waals surface area contributed by atoms with E-state index in [0.717, 1.165) is 12.1 Å². The molecule has 1 saturated carbocycles. The van der Waals surface area contributed by atoms with Crippen LogP contribution in [0.1, 0.15) is 51.0 Å². The Balaban J connectivity index is 1.99. The molecule has 1 aromatic rings. The monoisotopic (exact) mass is 287 g/mol. The molecule has 116 valence electrons. The van der Waals surface area contributed by atoms with Crippen molar-refractivity contribution in [1.29, 1.82) is 5.41 Å². The zero-order valence-electron chi connectivity index (χ0n) is 13.6. The first kappa shape index (κ1) is 16.0. The molecule has 3 N–H and O–H groups in total. The van der Waals surface area contributed by atoms with E-state index in [1.165, 1.54) is 25.7 Å². The second-order valence-corrected chi connectivity index (χ2v) is 7.25. The van der Waals surface area contributed by atoms with Gasteiger partial charge in [-0.25, -0.2) is 0 Å². The molecule has 0 saturated heterocycles. The Labute approximate surface area is 129 Å². The van der Waals surface area contributed by atoms with Crippen LogP contribution in [0, 0.1) is 10.8 Å². The molecule has 0 aliphatic heterocycles. The molecular formula is C18H29N3. The standard InChI is InChI=1S/C18H29N3/c1-18(2)11-9-15(10-12-18)21(3)13-16(17(19)20)14-7-5-4-6-8-14/h4-8,15-16H,9-13H2,1-3H3,(H3,19,20). The van der Waals surface area contributed by atoms with Crippen LogP contribution in [0.3, 0.4) is 0 Å². The van der Waals surface area contributed by atoms with E-state index in [4.69, 9.17) is 11.1 Å². The van der Waals surface area contributed by atoms with Gasteiger partial charge in [0.15, 0.2) is 0 Å². The molecule has 3 nitrogen and oxygen atoms in total. The molecule has 1 aliphatic rings. The molecular weight excluding hydrogens is 258 g/mol. The van der Waals surface area contributed by atoms with Gasteiger partial charge < -0.3 is 10.6 Å². The van der Waals surface area contributed by atoms with E-state index in [9.17, 15) is 0 Å². The molecule has 0 heterocycles. The normalized spacial score (nSPS) is 20.4. The highest BCUT2D eigenvalue weighted by Gasteiger charge is 2.30. The number of rotatable bonds is 5. The van der Waals surface area contributed by atoms with Crippen LogP contribution in [0.15, 0.2) is 30.3 Å². The SMILES string of the molecule is CN(CC(C(=N)N)c1ccccc1)C1CCC(C)(C)CC1. The molecule has 3 heteroatoms. The van der Waals surface area contributed by atoms with Crippen LogP contribution >= 0.6 is 0 Å². The van der Waals surface area contributed by atoms with E-state index >= 15 is 0 Å². The third-order valence-corrected chi connectivity index (χ3v) is 4.98. The molecule has 1 unspecified atom stereocenters. The lowest BCUT2D eigenvalue weighted by atomic mass is 9.75. The Morgan fingerprint density at radius 1 is 1.29 bits per heavy atom. The maximum Gasteiger partial charge on any atom is 0.0995 e. The van der Waals surface area contributed by atoms with Gasteiger partial charge in [-0.3, -0.25) is 5.41 Å². The first-order valence-corrected chi connectivity index (χ1v) is 7.98. The van der Waals surface area contributed by atoms with Crippen LogP contribution in [0.4, 0.5) is 0 Å². The van der Waals surface area contributed by atoms with Crippen molar-refractivity contribution in [2.75, 3.05) is 13.6 Å². The molecule has 0 amide bonds. The summed E-state index contributed by atoms with van der Waals surface area (Å²) in [4.78, 5) is 2.41. The minimum atomic E-state index is 0.00568. The molecule has 1 aliphatic carbocycles. The molecule has 1 atom stereocenters. The maximum absolute atomic E-state index is 7.91. The van der Waals surface area contributed by atoms with Crippen molar-refractivity contribution in [2.45, 2.75) is 51.5 Å². The van der Waals surface area contributed by atoms with Crippen LogP contribution in [-0.4, -0.2) is 30.4 Å². The topological polar surface area (TPSA) is 53.1 Å². The van der Waals surface area contributed by atoms with Crippen LogP contribution < -0.4 is 5.73 Å². The van der Waals surface area contributed by atoms with Crippen LogP contribution in [0.25, 0.3) is 0 Å². The number of benzene rings is 1. The lowest BCUT2D eigenvalue weighted by molar-refractivity contribution is 0.127. The number of hydrogen-bond donors (Lipinski definition) is 2. The Morgan fingerprint density at radius 3 is 2.38 bits per heavy atom. The minimum absolute atomic E-state index is 0.00568. The third-order valence-electron chi connectivity index (χ3n) is 4.98. The van der Waals surface area contributed by atoms with Gasteiger partial charge in [-0.15, -0.1) is 0 Å². The van der Waals surface area contributed by atoms with E-state index < -0.39 is 0 Å². The van der Waals surface area contributed by atoms with E-state index in [-0.39, 0.29) is 11.8 Å². The lowest BCUT2D eigenvalue weighted by Crippen LogP contribution is -2.41. The Hall–Kier alpha value is -1.35. The Kier molecular flexibility index (Phi) is 5.04. The van der Waals surface area contributed by atoms with Gasteiger partial charge in [0.25, 0.3) is 0 Å². The summed E-state index contributed by atoms with van der Waals surface area (Å²) in [6.07, 6.45) is 5.09. The number of hydrogen-bond acceptors (Lipinski definition) is 2. The number of likely N-dealkylation sites (N-methyl/N-ethyl adjacent to an activating group) is 1. The Morgan fingerprint density at radius 2 is 1.86 bits per heavy atom. The number of nitrogens with two attached hydrogens (primary N) is 1. The van der Waals surface area contributed by atoms with Crippen LogP contribution in [-0.2, 0) is 0 Å². The summed E-state index contributed by atoms with van der Waals surface area (Å²) in [6, 6.07) is 10.8. The van der Waals surface area contributed by atoms with E-state index in [1.54, 1.807) is 0 Å². The number of nitrogens with zero attached hydrogens (tertiary/aromatic N) is 1. The summed E-state index contributed by atoms with van der Waals surface area (Å²) in [5.74, 6) is 0.273. The second-order valence-electron chi connectivity index (χ2n) is 7.25. The van der Waals surface area contributed by atoms with E-state index in [1.807, 2.05) is 18.2 Å². The predicted octanol–water partition coefficient (Wildman–Crippen LogP) is 3.61. The van der Waals surface area contributed by atoms with E-state index in [0.29, 0.717) is 11.5 Å². The van der Waals surface area contributed by atoms with Gasteiger partial charge in [-0.1, -0.05) is 44.2 Å². The molecule has 0 bridgehead atoms. The first-order valence-electron chi connectivity index (χ1n) is 7.98. The quantitative estimate of drug-likeness (QED) is 0.642. The highest BCUT2D eigenvalue weighted by atomic mass is 15.1. The third kappa shape index (κ3) is 4.31. The lowest BCUT2D eigenvalue weighted by Gasteiger charge is -2.39. The van der Waals surface area contributed by atoms with Gasteiger partial charge in [0, 0.05) is 12.6 Å². The van der Waals surface area contributed by atoms with Crippen LogP contribution in [0.5, 0.6) is 0 Å². The van der Waals surface area contributed by atoms with E-state index in [2.05, 4.69) is 37.9 Å². The van der Waals surface area contributed by atoms with Gasteiger partial charge in [-0.05, 0) is 43.7 Å². The predicted molar refractivity (Wildman–Crippen MR) is 89.8 cm³/mol. The van der Waals surface area contributed by atoms with Gasteiger partial charge >= 0.3 is 0 Å². The van der Waals surface area contributed by atoms with Crippen molar-refractivity contribution in [3.8, 4) is 0 Å². The molecule has 1 aromatic carbocycles. The largest absolute Gasteiger partial charge is 0.387 e. The fourth-order valence-corrected chi connectivity index (χ4v) is 3.33. The molecule has 2 rings (SSSR count). The summed E-state index contributed by atoms with van der Waals surface area (Å²) >= 11 is 0. The van der Waals surface area contributed by atoms with Crippen molar-refractivity contribution < 1.29 is 0 Å². The number of nitrogens with one attached hydrogen (secondary N) is 1. The first-order chi connectivity index (χ1) is 9.89. The average Bonchev–Trinajstić information content (AvgIpc) is 2.45. The maximum atomic E-state index is 7.91. The van der Waals surface area contributed by atoms with Crippen molar-refractivity contribution >= 4 is 5.84 Å². The van der Waals surface area contributed by atoms with Gasteiger partial charge in [0.1, 0.15) is 0 Å². The summed E-state index contributed by atoms with van der Waals surface area (Å²) < 4.78 is 0. The molecule has 21 heavy (non-hydrogen) atoms. The summed E-state index contributed by atoms with van der Waals surface area (Å²) in [5.41, 5.74) is 7.49. The summed E-state index contributed by atoms with van der Waals surface area (Å²) in [6.45, 7) is 5.57. The van der Waals surface area contributed by atoms with Gasteiger partial charge in [-0.2, -0.15) is 0 Å². The van der Waals surface area contributed by atoms with Gasteiger partial charge in [0.05, 0.1) is 11.8 Å². The summed E-state index contributed by atoms with van der Waals surface area (Å²) in [5, 5.41) is 7.91. The van der Waals surface area contributed by atoms with Crippen molar-refractivity contribution in [3.05, 3.63) is 35.9 Å². The molecule has 0 radical (unpaired) electrons. The zero-order chi connectivity index (χ0) is 15.5. The van der Waals surface area contributed by atoms with Crippen molar-refractivity contribution in [2.24, 2.45) is 11.1 Å². The van der Waals surface area contributed by atoms with Crippen LogP contribution in [0.2, 0.25) is 0 Å². The summed E-state index contributed by atoms with van der Waals surface area (Å²) in [7, 11) is 2.18. The minimum Gasteiger partial charge on any atom is -0.387 e.